The Morgan fingerprint density at radius 2 is 1.58 bits per heavy atom. The third-order valence-corrected chi connectivity index (χ3v) is 2.79. The number of hydrogen-bond acceptors (Lipinski definition) is 0. The van der Waals surface area contributed by atoms with Crippen LogP contribution in [0.4, 0.5) is 0 Å². The van der Waals surface area contributed by atoms with Crippen LogP contribution in [-0.2, 0) is 0 Å². The van der Waals surface area contributed by atoms with Crippen molar-refractivity contribution < 1.29 is 0 Å². The van der Waals surface area contributed by atoms with E-state index < -0.39 is 0 Å². The SMILES string of the molecule is CCC(C)=C(C(C)C)C(C)CC. The van der Waals surface area contributed by atoms with Gasteiger partial charge in [0.1, 0.15) is 0 Å². The minimum Gasteiger partial charge on any atom is -0.0739 e. The van der Waals surface area contributed by atoms with Gasteiger partial charge in [0.15, 0.2) is 0 Å². The number of hydrogen-bond donors (Lipinski definition) is 0. The van der Waals surface area contributed by atoms with Crippen LogP contribution in [-0.4, -0.2) is 0 Å². The standard InChI is InChI=1S/C12H24/c1-7-10(5)12(9(3)4)11(6)8-2/h9-10H,7-8H2,1-6H3. The molecule has 72 valence electrons. The van der Waals surface area contributed by atoms with Crippen LogP contribution in [0.15, 0.2) is 11.1 Å². The van der Waals surface area contributed by atoms with E-state index in [1.165, 1.54) is 12.8 Å². The maximum absolute atomic E-state index is 2.34. The normalized spacial score (nSPS) is 16.2. The van der Waals surface area contributed by atoms with E-state index in [1.54, 1.807) is 11.1 Å². The second-order valence-electron chi connectivity index (χ2n) is 4.05. The van der Waals surface area contributed by atoms with Crippen LogP contribution < -0.4 is 0 Å². The highest BCUT2D eigenvalue weighted by Crippen LogP contribution is 2.26. The van der Waals surface area contributed by atoms with Gasteiger partial charge in [-0.05, 0) is 31.6 Å². The Kier molecular flexibility index (Phi) is 5.28. The summed E-state index contributed by atoms with van der Waals surface area (Å²) in [6.45, 7) is 13.8. The molecule has 0 saturated heterocycles. The Hall–Kier alpha value is -0.260. The molecular weight excluding hydrogens is 144 g/mol. The van der Waals surface area contributed by atoms with Gasteiger partial charge in [-0.3, -0.25) is 0 Å². The van der Waals surface area contributed by atoms with E-state index in [1.807, 2.05) is 0 Å². The van der Waals surface area contributed by atoms with Crippen LogP contribution in [0.1, 0.15) is 54.4 Å². The summed E-state index contributed by atoms with van der Waals surface area (Å²) in [5.41, 5.74) is 3.28. The largest absolute Gasteiger partial charge is 0.0739 e. The molecule has 0 rings (SSSR count). The van der Waals surface area contributed by atoms with Crippen molar-refractivity contribution in [3.63, 3.8) is 0 Å². The Morgan fingerprint density at radius 1 is 1.08 bits per heavy atom. The number of allylic oxidation sites excluding steroid dienone is 2. The molecule has 0 fully saturated rings. The molecule has 0 bridgehead atoms. The molecule has 0 aliphatic rings. The highest BCUT2D eigenvalue weighted by Gasteiger charge is 2.12. The lowest BCUT2D eigenvalue weighted by molar-refractivity contribution is 0.556. The van der Waals surface area contributed by atoms with Gasteiger partial charge in [0.05, 0.1) is 0 Å². The van der Waals surface area contributed by atoms with E-state index in [0.717, 1.165) is 11.8 Å². The third kappa shape index (κ3) is 3.00. The Bertz CT molecular complexity index is 151. The van der Waals surface area contributed by atoms with Crippen molar-refractivity contribution in [2.24, 2.45) is 11.8 Å². The van der Waals surface area contributed by atoms with E-state index in [2.05, 4.69) is 41.5 Å². The average Bonchev–Trinajstić information content (AvgIpc) is 2.03. The first-order chi connectivity index (χ1) is 5.54. The minimum atomic E-state index is 0.722. The summed E-state index contributed by atoms with van der Waals surface area (Å²) in [5.74, 6) is 1.49. The summed E-state index contributed by atoms with van der Waals surface area (Å²) in [6, 6.07) is 0. The first-order valence-electron chi connectivity index (χ1n) is 5.24. The van der Waals surface area contributed by atoms with Gasteiger partial charge in [0.2, 0.25) is 0 Å². The summed E-state index contributed by atoms with van der Waals surface area (Å²) >= 11 is 0. The zero-order valence-electron chi connectivity index (χ0n) is 9.57. The molecule has 0 spiro atoms. The van der Waals surface area contributed by atoms with Crippen LogP contribution >= 0.6 is 0 Å². The van der Waals surface area contributed by atoms with Gasteiger partial charge < -0.3 is 0 Å². The second kappa shape index (κ2) is 5.40. The summed E-state index contributed by atoms with van der Waals surface area (Å²) < 4.78 is 0. The maximum Gasteiger partial charge on any atom is -0.0229 e. The molecule has 0 N–H and O–H groups in total. The Morgan fingerprint density at radius 3 is 1.83 bits per heavy atom. The van der Waals surface area contributed by atoms with Gasteiger partial charge in [-0.15, -0.1) is 0 Å². The lowest BCUT2D eigenvalue weighted by Gasteiger charge is -2.21. The van der Waals surface area contributed by atoms with E-state index >= 15 is 0 Å². The molecule has 0 nitrogen and oxygen atoms in total. The van der Waals surface area contributed by atoms with Gasteiger partial charge in [-0.1, -0.05) is 45.8 Å². The van der Waals surface area contributed by atoms with Crippen molar-refractivity contribution in [3.8, 4) is 0 Å². The predicted octanol–water partition coefficient (Wildman–Crippen LogP) is 4.42. The zero-order valence-corrected chi connectivity index (χ0v) is 9.57. The molecule has 0 aliphatic heterocycles. The average molecular weight is 168 g/mol. The number of rotatable bonds is 4. The molecule has 0 aromatic rings. The summed E-state index contributed by atoms with van der Waals surface area (Å²) in [5, 5.41) is 0. The Balaban J connectivity index is 4.65. The Labute approximate surface area is 78.1 Å². The zero-order chi connectivity index (χ0) is 9.72. The van der Waals surface area contributed by atoms with Crippen molar-refractivity contribution >= 4 is 0 Å². The molecule has 1 atom stereocenters. The van der Waals surface area contributed by atoms with Crippen molar-refractivity contribution in [3.05, 3.63) is 11.1 Å². The van der Waals surface area contributed by atoms with Crippen LogP contribution in [0.2, 0.25) is 0 Å². The topological polar surface area (TPSA) is 0 Å². The highest BCUT2D eigenvalue weighted by atomic mass is 14.2. The molecule has 0 aromatic heterocycles. The van der Waals surface area contributed by atoms with Gasteiger partial charge in [0.25, 0.3) is 0 Å². The molecule has 0 aromatic carbocycles. The van der Waals surface area contributed by atoms with Crippen molar-refractivity contribution in [2.75, 3.05) is 0 Å². The minimum absolute atomic E-state index is 0.722. The quantitative estimate of drug-likeness (QED) is 0.545. The van der Waals surface area contributed by atoms with E-state index in [-0.39, 0.29) is 0 Å². The second-order valence-corrected chi connectivity index (χ2v) is 4.05. The monoisotopic (exact) mass is 168 g/mol. The van der Waals surface area contributed by atoms with E-state index in [9.17, 15) is 0 Å². The van der Waals surface area contributed by atoms with Gasteiger partial charge in [-0.2, -0.15) is 0 Å². The first-order valence-corrected chi connectivity index (χ1v) is 5.24. The fraction of sp³-hybridized carbons (Fsp3) is 0.833. The van der Waals surface area contributed by atoms with Gasteiger partial charge >= 0.3 is 0 Å². The first kappa shape index (κ1) is 11.7. The molecule has 0 amide bonds. The third-order valence-electron chi connectivity index (χ3n) is 2.79. The van der Waals surface area contributed by atoms with Crippen molar-refractivity contribution in [1.29, 1.82) is 0 Å². The molecule has 0 saturated carbocycles. The van der Waals surface area contributed by atoms with Crippen molar-refractivity contribution in [1.82, 2.24) is 0 Å². The fourth-order valence-electron chi connectivity index (χ4n) is 1.91. The van der Waals surface area contributed by atoms with Crippen LogP contribution in [0.5, 0.6) is 0 Å². The van der Waals surface area contributed by atoms with Gasteiger partial charge in [-0.25, -0.2) is 0 Å². The molecule has 0 radical (unpaired) electrons. The van der Waals surface area contributed by atoms with Crippen LogP contribution in [0, 0.1) is 11.8 Å². The predicted molar refractivity (Wildman–Crippen MR) is 57.3 cm³/mol. The molecule has 0 heteroatoms. The van der Waals surface area contributed by atoms with E-state index in [0.29, 0.717) is 0 Å². The maximum atomic E-state index is 2.34. The lowest BCUT2D eigenvalue weighted by atomic mass is 9.85. The summed E-state index contributed by atoms with van der Waals surface area (Å²) in [4.78, 5) is 0. The highest BCUT2D eigenvalue weighted by molar-refractivity contribution is 5.16. The van der Waals surface area contributed by atoms with Crippen molar-refractivity contribution in [2.45, 2.75) is 54.4 Å². The molecular formula is C12H24. The van der Waals surface area contributed by atoms with Crippen LogP contribution in [0.3, 0.4) is 0 Å². The molecule has 0 aliphatic carbocycles. The van der Waals surface area contributed by atoms with Crippen LogP contribution in [0.25, 0.3) is 0 Å². The molecule has 0 heterocycles. The molecule has 12 heavy (non-hydrogen) atoms. The summed E-state index contributed by atoms with van der Waals surface area (Å²) in [7, 11) is 0. The molecule has 1 unspecified atom stereocenters. The summed E-state index contributed by atoms with van der Waals surface area (Å²) in [6.07, 6.45) is 2.47. The van der Waals surface area contributed by atoms with Gasteiger partial charge in [0, 0.05) is 0 Å². The van der Waals surface area contributed by atoms with E-state index in [4.69, 9.17) is 0 Å². The fourth-order valence-corrected chi connectivity index (χ4v) is 1.91. The lowest BCUT2D eigenvalue weighted by Crippen LogP contribution is -2.07. The smallest absolute Gasteiger partial charge is 0.0229 e.